The van der Waals surface area contributed by atoms with Crippen molar-refractivity contribution in [1.29, 1.82) is 0 Å². The van der Waals surface area contributed by atoms with Crippen LogP contribution in [0.3, 0.4) is 0 Å². The second-order valence-electron chi connectivity index (χ2n) is 4.91. The van der Waals surface area contributed by atoms with E-state index < -0.39 is 12.7 Å². The van der Waals surface area contributed by atoms with Crippen molar-refractivity contribution in [3.63, 3.8) is 0 Å². The Morgan fingerprint density at radius 1 is 1.35 bits per heavy atom. The minimum Gasteiger partial charge on any atom is -0.493 e. The zero-order valence-electron chi connectivity index (χ0n) is 12.9. The molecule has 0 aliphatic heterocycles. The van der Waals surface area contributed by atoms with Gasteiger partial charge in [0.2, 0.25) is 5.91 Å². The second kappa shape index (κ2) is 7.08. The van der Waals surface area contributed by atoms with Crippen LogP contribution in [0.4, 0.5) is 14.5 Å². The van der Waals surface area contributed by atoms with Crippen LogP contribution in [0.1, 0.15) is 18.5 Å². The molecule has 0 spiro atoms. The van der Waals surface area contributed by atoms with Crippen LogP contribution in [0.25, 0.3) is 0 Å². The Morgan fingerprint density at radius 2 is 2.09 bits per heavy atom. The fourth-order valence-electron chi connectivity index (χ4n) is 1.95. The fourth-order valence-corrected chi connectivity index (χ4v) is 1.95. The third-order valence-corrected chi connectivity index (χ3v) is 3.15. The molecule has 23 heavy (non-hydrogen) atoms. The molecule has 0 aliphatic rings. The molecule has 0 saturated carbocycles. The number of ether oxygens (including phenoxy) is 2. The number of halogens is 2. The van der Waals surface area contributed by atoms with E-state index in [2.05, 4.69) is 15.2 Å². The molecule has 1 aromatic carbocycles. The maximum absolute atomic E-state index is 12.3. The summed E-state index contributed by atoms with van der Waals surface area (Å²) in [4.78, 5) is 12.2. The third kappa shape index (κ3) is 4.18. The number of rotatable bonds is 6. The maximum Gasteiger partial charge on any atom is 0.387 e. The first kappa shape index (κ1) is 16.7. The number of aromatic nitrogens is 2. The number of carbonyl (C=O) groups is 1. The summed E-state index contributed by atoms with van der Waals surface area (Å²) in [6.07, 6.45) is 3.41. The summed E-state index contributed by atoms with van der Waals surface area (Å²) < 4.78 is 35.4. The summed E-state index contributed by atoms with van der Waals surface area (Å²) in [5.41, 5.74) is 1.35. The maximum atomic E-state index is 12.3. The van der Waals surface area contributed by atoms with Crippen molar-refractivity contribution in [2.45, 2.75) is 26.5 Å². The van der Waals surface area contributed by atoms with E-state index in [9.17, 15) is 13.6 Å². The molecule has 0 aliphatic carbocycles. The highest BCUT2D eigenvalue weighted by Crippen LogP contribution is 2.31. The van der Waals surface area contributed by atoms with Gasteiger partial charge < -0.3 is 14.8 Å². The SMILES string of the molecule is COc1cc(NC(=O)C(C)n2cc(C)cn2)ccc1OC(F)F. The van der Waals surface area contributed by atoms with Crippen molar-refractivity contribution in [2.75, 3.05) is 12.4 Å². The average Bonchev–Trinajstić information content (AvgIpc) is 2.93. The van der Waals surface area contributed by atoms with Crippen LogP contribution in [0.2, 0.25) is 0 Å². The van der Waals surface area contributed by atoms with Crippen molar-refractivity contribution in [2.24, 2.45) is 0 Å². The third-order valence-electron chi connectivity index (χ3n) is 3.15. The van der Waals surface area contributed by atoms with Gasteiger partial charge in [0, 0.05) is 18.0 Å². The van der Waals surface area contributed by atoms with Crippen molar-refractivity contribution >= 4 is 11.6 Å². The zero-order valence-corrected chi connectivity index (χ0v) is 12.9. The van der Waals surface area contributed by atoms with Gasteiger partial charge in [-0.3, -0.25) is 9.48 Å². The quantitative estimate of drug-likeness (QED) is 0.887. The number of benzene rings is 1. The summed E-state index contributed by atoms with van der Waals surface area (Å²) in [6, 6.07) is 3.66. The van der Waals surface area contributed by atoms with Gasteiger partial charge in [-0.2, -0.15) is 13.9 Å². The Hall–Kier alpha value is -2.64. The predicted molar refractivity (Wildman–Crippen MR) is 79.9 cm³/mol. The molecule has 0 bridgehead atoms. The number of methoxy groups -OCH3 is 1. The molecule has 1 atom stereocenters. The Balaban J connectivity index is 2.11. The van der Waals surface area contributed by atoms with Crippen LogP contribution in [-0.2, 0) is 4.79 Å². The van der Waals surface area contributed by atoms with Crippen molar-refractivity contribution < 1.29 is 23.0 Å². The lowest BCUT2D eigenvalue weighted by Gasteiger charge is -2.15. The van der Waals surface area contributed by atoms with E-state index in [0.29, 0.717) is 5.69 Å². The first-order valence-electron chi connectivity index (χ1n) is 6.85. The molecular formula is C15H17F2N3O3. The monoisotopic (exact) mass is 325 g/mol. The highest BCUT2D eigenvalue weighted by molar-refractivity contribution is 5.93. The lowest BCUT2D eigenvalue weighted by atomic mass is 10.2. The summed E-state index contributed by atoms with van der Waals surface area (Å²) >= 11 is 0. The van der Waals surface area contributed by atoms with Crippen LogP contribution in [0.5, 0.6) is 11.5 Å². The van der Waals surface area contributed by atoms with E-state index in [1.807, 2.05) is 6.92 Å². The normalized spacial score (nSPS) is 12.1. The van der Waals surface area contributed by atoms with Crippen molar-refractivity contribution in [3.05, 3.63) is 36.2 Å². The van der Waals surface area contributed by atoms with Crippen LogP contribution in [-0.4, -0.2) is 29.4 Å². The van der Waals surface area contributed by atoms with E-state index in [-0.39, 0.29) is 17.4 Å². The number of nitrogens with zero attached hydrogens (tertiary/aromatic N) is 2. The minimum absolute atomic E-state index is 0.101. The van der Waals surface area contributed by atoms with Gasteiger partial charge >= 0.3 is 6.61 Å². The first-order chi connectivity index (χ1) is 10.9. The van der Waals surface area contributed by atoms with Crippen LogP contribution in [0, 0.1) is 6.92 Å². The standard InChI is InChI=1S/C15H17F2N3O3/c1-9-7-18-20(8-9)10(2)14(21)19-11-4-5-12(23-15(16)17)13(6-11)22-3/h4-8,10,15H,1-3H3,(H,19,21). The number of aryl methyl sites for hydroxylation is 1. The van der Waals surface area contributed by atoms with Crippen LogP contribution < -0.4 is 14.8 Å². The largest absolute Gasteiger partial charge is 0.493 e. The molecule has 0 radical (unpaired) electrons. The number of hydrogen-bond acceptors (Lipinski definition) is 4. The minimum atomic E-state index is -2.95. The molecule has 1 amide bonds. The van der Waals surface area contributed by atoms with Gasteiger partial charge in [-0.25, -0.2) is 0 Å². The van der Waals surface area contributed by atoms with Crippen molar-refractivity contribution in [3.8, 4) is 11.5 Å². The van der Waals surface area contributed by atoms with E-state index >= 15 is 0 Å². The number of nitrogens with one attached hydrogen (secondary N) is 1. The highest BCUT2D eigenvalue weighted by atomic mass is 19.3. The van der Waals surface area contributed by atoms with Gasteiger partial charge in [0.25, 0.3) is 0 Å². The van der Waals surface area contributed by atoms with E-state index in [4.69, 9.17) is 4.74 Å². The molecule has 124 valence electrons. The molecule has 0 saturated heterocycles. The molecule has 1 unspecified atom stereocenters. The first-order valence-corrected chi connectivity index (χ1v) is 6.85. The summed E-state index contributed by atoms with van der Waals surface area (Å²) in [5.74, 6) is -0.292. The number of anilines is 1. The Kier molecular flexibility index (Phi) is 5.15. The summed E-state index contributed by atoms with van der Waals surface area (Å²) in [5, 5.41) is 6.77. The fraction of sp³-hybridized carbons (Fsp3) is 0.333. The van der Waals surface area contributed by atoms with Crippen LogP contribution >= 0.6 is 0 Å². The van der Waals surface area contributed by atoms with Gasteiger partial charge in [-0.05, 0) is 31.5 Å². The number of amides is 1. The topological polar surface area (TPSA) is 65.4 Å². The molecule has 6 nitrogen and oxygen atoms in total. The van der Waals surface area contributed by atoms with E-state index in [1.54, 1.807) is 19.3 Å². The highest BCUT2D eigenvalue weighted by Gasteiger charge is 2.17. The molecule has 1 N–H and O–H groups in total. The molecular weight excluding hydrogens is 308 g/mol. The van der Waals surface area contributed by atoms with Gasteiger partial charge in [0.15, 0.2) is 11.5 Å². The van der Waals surface area contributed by atoms with Gasteiger partial charge in [-0.15, -0.1) is 0 Å². The molecule has 0 fully saturated rings. The number of alkyl halides is 2. The van der Waals surface area contributed by atoms with Gasteiger partial charge in [0.05, 0.1) is 13.3 Å². The molecule has 2 aromatic rings. The van der Waals surface area contributed by atoms with E-state index in [0.717, 1.165) is 5.56 Å². The summed E-state index contributed by atoms with van der Waals surface area (Å²) in [7, 11) is 1.33. The van der Waals surface area contributed by atoms with E-state index in [1.165, 1.54) is 30.0 Å². The average molecular weight is 325 g/mol. The second-order valence-corrected chi connectivity index (χ2v) is 4.91. The lowest BCUT2D eigenvalue weighted by Crippen LogP contribution is -2.24. The predicted octanol–water partition coefficient (Wildman–Crippen LogP) is 3.00. The lowest BCUT2D eigenvalue weighted by molar-refractivity contribution is -0.119. The molecule has 1 aromatic heterocycles. The Bertz CT molecular complexity index is 688. The van der Waals surface area contributed by atoms with Crippen LogP contribution in [0.15, 0.2) is 30.6 Å². The molecule has 8 heteroatoms. The Morgan fingerprint density at radius 3 is 2.65 bits per heavy atom. The Labute approximate surface area is 132 Å². The molecule has 1 heterocycles. The van der Waals surface area contributed by atoms with Gasteiger partial charge in [0.1, 0.15) is 6.04 Å². The number of hydrogen-bond donors (Lipinski definition) is 1. The smallest absolute Gasteiger partial charge is 0.387 e. The van der Waals surface area contributed by atoms with Crippen molar-refractivity contribution in [1.82, 2.24) is 9.78 Å². The van der Waals surface area contributed by atoms with Gasteiger partial charge in [-0.1, -0.05) is 0 Å². The molecule has 2 rings (SSSR count). The number of carbonyl (C=O) groups excluding carboxylic acids is 1. The zero-order chi connectivity index (χ0) is 17.0. The summed E-state index contributed by atoms with van der Waals surface area (Å²) in [6.45, 7) is 0.626.